The maximum atomic E-state index is 11.5. The van der Waals surface area contributed by atoms with Gasteiger partial charge in [-0.05, 0) is 0 Å². The van der Waals surface area contributed by atoms with Gasteiger partial charge >= 0.3 is 0 Å². The Morgan fingerprint density at radius 1 is 2.00 bits per heavy atom. The lowest BCUT2D eigenvalue weighted by atomic mass is 10.6. The third kappa shape index (κ3) is 2.35. The second-order valence-corrected chi connectivity index (χ2v) is 1.87. The van der Waals surface area contributed by atoms with Gasteiger partial charge in [-0.3, -0.25) is 5.73 Å². The molecule has 1 unspecified atom stereocenters. The zero-order valence-electron chi connectivity index (χ0n) is 3.12. The number of hydrogen-bond acceptors (Lipinski definition) is 1. The Kier molecular flexibility index (Phi) is 2.35. The fourth-order valence-corrected chi connectivity index (χ4v) is 0. The molecule has 0 rings (SSSR count). The van der Waals surface area contributed by atoms with Crippen molar-refractivity contribution in [3.05, 3.63) is 11.1 Å². The summed E-state index contributed by atoms with van der Waals surface area (Å²) in [5.41, 5.74) is 4.62. The molecule has 1 nitrogen and oxygen atoms in total. The summed E-state index contributed by atoms with van der Waals surface area (Å²) in [6.07, 6.45) is -1.43. The van der Waals surface area contributed by atoms with Crippen molar-refractivity contribution in [2.45, 2.75) is 6.30 Å². The molecule has 0 aliphatic heterocycles. The highest BCUT2D eigenvalue weighted by Crippen LogP contribution is 2.04. The Labute approximate surface area is 44.2 Å². The Bertz CT molecular complexity index is 61.8. The van der Waals surface area contributed by atoms with Crippen molar-refractivity contribution in [1.82, 2.24) is 0 Å². The maximum Gasteiger partial charge on any atom is 0.180 e. The smallest absolute Gasteiger partial charge is 0.180 e. The lowest BCUT2D eigenvalue weighted by Gasteiger charge is -1.91. The molecular weight excluding hydrogens is 149 g/mol. The molecule has 0 heterocycles. The Balaban J connectivity index is 3.26. The lowest BCUT2D eigenvalue weighted by molar-refractivity contribution is 0.409. The lowest BCUT2D eigenvalue weighted by Crippen LogP contribution is -2.11. The Morgan fingerprint density at radius 3 is 2.17 bits per heavy atom. The van der Waals surface area contributed by atoms with Crippen molar-refractivity contribution < 1.29 is 4.39 Å². The number of rotatable bonds is 1. The average Bonchev–Trinajstić information content (AvgIpc) is 1.36. The molecule has 0 aromatic heterocycles. The van der Waals surface area contributed by atoms with E-state index < -0.39 is 6.30 Å². The first-order valence-electron chi connectivity index (χ1n) is 1.38. The summed E-state index contributed by atoms with van der Waals surface area (Å²) < 4.78 is 11.6. The van der Waals surface area contributed by atoms with Gasteiger partial charge in [-0.15, -0.1) is 0 Å². The van der Waals surface area contributed by atoms with Crippen molar-refractivity contribution >= 4 is 15.9 Å². The van der Waals surface area contributed by atoms with Crippen LogP contribution in [0.5, 0.6) is 0 Å². The fraction of sp³-hybridized carbons (Fsp3) is 0.333. The third-order valence-electron chi connectivity index (χ3n) is 0.299. The van der Waals surface area contributed by atoms with E-state index >= 15 is 0 Å². The maximum absolute atomic E-state index is 11.5. The van der Waals surface area contributed by atoms with Gasteiger partial charge in [-0.25, -0.2) is 4.39 Å². The van der Waals surface area contributed by atoms with Gasteiger partial charge in [0.15, 0.2) is 6.30 Å². The van der Waals surface area contributed by atoms with E-state index in [1.54, 1.807) is 0 Å². The molecule has 0 saturated heterocycles. The predicted octanol–water partition coefficient (Wildman–Crippen LogP) is 1.15. The minimum absolute atomic E-state index is 0.183. The molecule has 0 radical (unpaired) electrons. The normalized spacial score (nSPS) is 13.8. The van der Waals surface area contributed by atoms with Gasteiger partial charge in [-0.1, -0.05) is 22.5 Å². The number of alkyl halides is 1. The summed E-state index contributed by atoms with van der Waals surface area (Å²) in [6.45, 7) is 3.17. The van der Waals surface area contributed by atoms with Crippen molar-refractivity contribution in [3.63, 3.8) is 0 Å². The molecule has 6 heavy (non-hydrogen) atoms. The molecule has 0 aliphatic carbocycles. The van der Waals surface area contributed by atoms with Crippen LogP contribution in [0.1, 0.15) is 0 Å². The molecular formula is C3H5BrFN. The van der Waals surface area contributed by atoms with Crippen LogP contribution in [0.4, 0.5) is 4.39 Å². The molecule has 0 aliphatic rings. The van der Waals surface area contributed by atoms with E-state index in [-0.39, 0.29) is 4.48 Å². The van der Waals surface area contributed by atoms with Crippen LogP contribution >= 0.6 is 15.9 Å². The Morgan fingerprint density at radius 2 is 2.17 bits per heavy atom. The van der Waals surface area contributed by atoms with E-state index in [1.807, 2.05) is 0 Å². The number of hydrogen-bond donors (Lipinski definition) is 1. The van der Waals surface area contributed by atoms with Crippen molar-refractivity contribution in [2.75, 3.05) is 0 Å². The van der Waals surface area contributed by atoms with Crippen molar-refractivity contribution in [3.8, 4) is 0 Å². The molecule has 3 heteroatoms. The van der Waals surface area contributed by atoms with Gasteiger partial charge in [0.25, 0.3) is 0 Å². The van der Waals surface area contributed by atoms with Crippen LogP contribution < -0.4 is 5.73 Å². The third-order valence-corrected chi connectivity index (χ3v) is 0.737. The summed E-state index contributed by atoms with van der Waals surface area (Å²) in [5.74, 6) is 0. The molecule has 0 fully saturated rings. The van der Waals surface area contributed by atoms with E-state index in [1.165, 1.54) is 0 Å². The van der Waals surface area contributed by atoms with Crippen LogP contribution in [0.3, 0.4) is 0 Å². The van der Waals surface area contributed by atoms with Crippen LogP contribution in [-0.2, 0) is 0 Å². The van der Waals surface area contributed by atoms with Gasteiger partial charge in [-0.2, -0.15) is 0 Å². The zero-order chi connectivity index (χ0) is 5.15. The van der Waals surface area contributed by atoms with Gasteiger partial charge < -0.3 is 0 Å². The molecule has 0 spiro atoms. The molecule has 0 amide bonds. The van der Waals surface area contributed by atoms with Crippen LogP contribution in [0.2, 0.25) is 0 Å². The van der Waals surface area contributed by atoms with Gasteiger partial charge in [0, 0.05) is 4.48 Å². The standard InChI is InChI=1S/C3H5BrFN/c1-2(4)3(5)6/h3H,1,6H2. The van der Waals surface area contributed by atoms with E-state index in [2.05, 4.69) is 28.2 Å². The van der Waals surface area contributed by atoms with Crippen LogP contribution in [0.15, 0.2) is 11.1 Å². The summed E-state index contributed by atoms with van der Waals surface area (Å²) in [5, 5.41) is 0. The highest BCUT2D eigenvalue weighted by Gasteiger charge is 1.95. The predicted molar refractivity (Wildman–Crippen MR) is 27.2 cm³/mol. The summed E-state index contributed by atoms with van der Waals surface area (Å²) in [7, 11) is 0. The SMILES string of the molecule is C=C(Br)C(N)F. The summed E-state index contributed by atoms with van der Waals surface area (Å²) in [6, 6.07) is 0. The highest BCUT2D eigenvalue weighted by atomic mass is 79.9. The fourth-order valence-electron chi connectivity index (χ4n) is 0. The van der Waals surface area contributed by atoms with Crippen molar-refractivity contribution in [1.29, 1.82) is 0 Å². The van der Waals surface area contributed by atoms with Gasteiger partial charge in [0.1, 0.15) is 0 Å². The summed E-state index contributed by atoms with van der Waals surface area (Å²) in [4.78, 5) is 0. The van der Waals surface area contributed by atoms with E-state index in [4.69, 9.17) is 0 Å². The van der Waals surface area contributed by atoms with Gasteiger partial charge in [0.2, 0.25) is 0 Å². The second kappa shape index (κ2) is 2.31. The minimum Gasteiger partial charge on any atom is -0.297 e. The topological polar surface area (TPSA) is 26.0 Å². The largest absolute Gasteiger partial charge is 0.297 e. The van der Waals surface area contributed by atoms with Crippen molar-refractivity contribution in [2.24, 2.45) is 5.73 Å². The first-order chi connectivity index (χ1) is 2.64. The zero-order valence-corrected chi connectivity index (χ0v) is 4.70. The average molecular weight is 154 g/mol. The molecule has 0 aromatic rings. The summed E-state index contributed by atoms with van der Waals surface area (Å²) >= 11 is 2.74. The second-order valence-electron chi connectivity index (χ2n) is 0.849. The van der Waals surface area contributed by atoms with Crippen LogP contribution in [0, 0.1) is 0 Å². The Hall–Kier alpha value is 0.110. The highest BCUT2D eigenvalue weighted by molar-refractivity contribution is 9.11. The van der Waals surface area contributed by atoms with E-state index in [0.29, 0.717) is 0 Å². The van der Waals surface area contributed by atoms with Crippen LogP contribution in [-0.4, -0.2) is 6.30 Å². The molecule has 2 N–H and O–H groups in total. The first kappa shape index (κ1) is 6.11. The molecule has 0 saturated carbocycles. The van der Waals surface area contributed by atoms with Crippen LogP contribution in [0.25, 0.3) is 0 Å². The van der Waals surface area contributed by atoms with E-state index in [0.717, 1.165) is 0 Å². The van der Waals surface area contributed by atoms with Gasteiger partial charge in [0.05, 0.1) is 0 Å². The minimum atomic E-state index is -1.43. The molecule has 1 atom stereocenters. The quantitative estimate of drug-likeness (QED) is 0.563. The van der Waals surface area contributed by atoms with E-state index in [9.17, 15) is 4.39 Å². The monoisotopic (exact) mass is 153 g/mol. The molecule has 36 valence electrons. The molecule has 0 bridgehead atoms. The number of nitrogens with two attached hydrogens (primary N) is 1. The molecule has 0 aromatic carbocycles. The number of halogens is 2. The first-order valence-corrected chi connectivity index (χ1v) is 2.18.